The monoisotopic (exact) mass is 427 g/mol. The van der Waals surface area contributed by atoms with Crippen molar-refractivity contribution in [3.05, 3.63) is 59.2 Å². The molecule has 0 aliphatic rings. The number of thioether (sulfide) groups is 1. The van der Waals surface area contributed by atoms with E-state index in [2.05, 4.69) is 16.4 Å². The number of aliphatic carboxylic acids is 1. The van der Waals surface area contributed by atoms with Crippen LogP contribution in [0.3, 0.4) is 0 Å². The Morgan fingerprint density at radius 1 is 1.28 bits per heavy atom. The zero-order valence-corrected chi connectivity index (χ0v) is 16.5. The predicted octanol–water partition coefficient (Wildman–Crippen LogP) is 3.78. The topological polar surface area (TPSA) is 103 Å². The Balaban J connectivity index is 1.99. The van der Waals surface area contributed by atoms with Gasteiger partial charge in [-0.1, -0.05) is 30.0 Å². The van der Waals surface area contributed by atoms with Gasteiger partial charge in [0.2, 0.25) is 5.91 Å². The van der Waals surface area contributed by atoms with E-state index in [0.717, 1.165) is 16.6 Å². The molecule has 0 spiro atoms. The Morgan fingerprint density at radius 2 is 2.03 bits per heavy atom. The molecule has 0 saturated carbocycles. The minimum absolute atomic E-state index is 0.0916. The van der Waals surface area contributed by atoms with Gasteiger partial charge < -0.3 is 10.4 Å². The number of aromatic nitrogens is 1. The number of nitrogens with zero attached hydrogens (tertiary/aromatic N) is 2. The fraction of sp³-hybridized carbons (Fsp3) is 0.100. The summed E-state index contributed by atoms with van der Waals surface area (Å²) in [6, 6.07) is 13.5. The van der Waals surface area contributed by atoms with Crippen LogP contribution in [0.4, 0.5) is 4.39 Å². The number of carbonyl (C=O) groups excluding carboxylic acids is 1. The van der Waals surface area contributed by atoms with Crippen molar-refractivity contribution in [2.45, 2.75) is 5.03 Å². The van der Waals surface area contributed by atoms with Gasteiger partial charge in [0.15, 0.2) is 0 Å². The molecule has 0 fully saturated rings. The molecule has 6 nitrogen and oxygen atoms in total. The summed E-state index contributed by atoms with van der Waals surface area (Å²) in [6.07, 6.45) is 0. The first-order chi connectivity index (χ1) is 14.0. The van der Waals surface area contributed by atoms with E-state index in [0.29, 0.717) is 21.8 Å². The summed E-state index contributed by atoms with van der Waals surface area (Å²) >= 11 is 2.53. The summed E-state index contributed by atoms with van der Waals surface area (Å²) in [6.45, 7) is -0.478. The number of pyridine rings is 1. The second-order valence-corrected chi connectivity index (χ2v) is 7.70. The lowest BCUT2D eigenvalue weighted by molar-refractivity contribution is -0.137. The first-order valence-electron chi connectivity index (χ1n) is 8.34. The van der Waals surface area contributed by atoms with Gasteiger partial charge in [-0.2, -0.15) is 5.26 Å². The van der Waals surface area contributed by atoms with Gasteiger partial charge in [0, 0.05) is 5.56 Å². The van der Waals surface area contributed by atoms with Crippen molar-refractivity contribution in [1.82, 2.24) is 10.3 Å². The number of nitrogens with one attached hydrogen (secondary N) is 1. The SMILES string of the molecule is N#Cc1c(-c2ccc(F)cc2)cc(-c2cccs2)nc1SCC(=O)NCC(=O)O. The molecular weight excluding hydrogens is 413 g/mol. The van der Waals surface area contributed by atoms with Crippen LogP contribution >= 0.6 is 23.1 Å². The highest BCUT2D eigenvalue weighted by Gasteiger charge is 2.17. The zero-order valence-electron chi connectivity index (χ0n) is 14.9. The quantitative estimate of drug-likeness (QED) is 0.556. The molecule has 2 heterocycles. The lowest BCUT2D eigenvalue weighted by Crippen LogP contribution is -2.30. The molecule has 2 N–H and O–H groups in total. The maximum atomic E-state index is 13.3. The average molecular weight is 427 g/mol. The van der Waals surface area contributed by atoms with Gasteiger partial charge in [-0.3, -0.25) is 9.59 Å². The van der Waals surface area contributed by atoms with Crippen LogP contribution in [-0.4, -0.2) is 34.3 Å². The van der Waals surface area contributed by atoms with Gasteiger partial charge in [0.05, 0.1) is 21.9 Å². The van der Waals surface area contributed by atoms with Crippen molar-refractivity contribution < 1.29 is 19.1 Å². The molecule has 0 bridgehead atoms. The van der Waals surface area contributed by atoms with Crippen molar-refractivity contribution in [1.29, 1.82) is 5.26 Å². The molecule has 3 aromatic rings. The molecule has 0 aliphatic carbocycles. The number of carboxylic acid groups (broad SMARTS) is 1. The lowest BCUT2D eigenvalue weighted by Gasteiger charge is -2.12. The normalized spacial score (nSPS) is 10.3. The van der Waals surface area contributed by atoms with Gasteiger partial charge in [0.1, 0.15) is 23.5 Å². The fourth-order valence-electron chi connectivity index (χ4n) is 2.50. The molecular formula is C20H14FN3O3S2. The van der Waals surface area contributed by atoms with Crippen LogP contribution in [-0.2, 0) is 9.59 Å². The maximum absolute atomic E-state index is 13.3. The minimum Gasteiger partial charge on any atom is -0.480 e. The molecule has 1 aromatic carbocycles. The van der Waals surface area contributed by atoms with E-state index in [-0.39, 0.29) is 17.1 Å². The Morgan fingerprint density at radius 3 is 2.66 bits per heavy atom. The molecule has 1 amide bonds. The first-order valence-corrected chi connectivity index (χ1v) is 10.2. The summed E-state index contributed by atoms with van der Waals surface area (Å²) < 4.78 is 13.3. The van der Waals surface area contributed by atoms with Crippen molar-refractivity contribution in [2.24, 2.45) is 0 Å². The average Bonchev–Trinajstić information content (AvgIpc) is 3.25. The van der Waals surface area contributed by atoms with E-state index >= 15 is 0 Å². The van der Waals surface area contributed by atoms with E-state index in [1.807, 2.05) is 17.5 Å². The smallest absolute Gasteiger partial charge is 0.322 e. The minimum atomic E-state index is -1.14. The maximum Gasteiger partial charge on any atom is 0.322 e. The molecule has 146 valence electrons. The number of benzene rings is 1. The van der Waals surface area contributed by atoms with Crippen LogP contribution < -0.4 is 5.32 Å². The number of carbonyl (C=O) groups is 2. The van der Waals surface area contributed by atoms with Gasteiger partial charge in [0.25, 0.3) is 0 Å². The Bertz CT molecular complexity index is 1080. The number of rotatable bonds is 7. The third-order valence-corrected chi connectivity index (χ3v) is 5.67. The molecule has 0 unspecified atom stereocenters. The molecule has 0 radical (unpaired) electrons. The van der Waals surface area contributed by atoms with E-state index in [1.165, 1.54) is 23.5 Å². The van der Waals surface area contributed by atoms with Crippen molar-refractivity contribution >= 4 is 35.0 Å². The highest BCUT2D eigenvalue weighted by atomic mass is 32.2. The van der Waals surface area contributed by atoms with Gasteiger partial charge >= 0.3 is 5.97 Å². The third-order valence-electron chi connectivity index (χ3n) is 3.80. The second kappa shape index (κ2) is 9.32. The number of thiophene rings is 1. The van der Waals surface area contributed by atoms with Crippen molar-refractivity contribution in [3.63, 3.8) is 0 Å². The number of hydrogen-bond donors (Lipinski definition) is 2. The summed E-state index contributed by atoms with van der Waals surface area (Å²) in [5.74, 6) is -2.10. The van der Waals surface area contributed by atoms with Crippen LogP contribution in [0.2, 0.25) is 0 Å². The Labute approximate surface area is 174 Å². The number of nitriles is 1. The van der Waals surface area contributed by atoms with Crippen LogP contribution in [0.5, 0.6) is 0 Å². The molecule has 0 saturated heterocycles. The molecule has 0 aliphatic heterocycles. The predicted molar refractivity (Wildman–Crippen MR) is 109 cm³/mol. The lowest BCUT2D eigenvalue weighted by atomic mass is 10.0. The highest BCUT2D eigenvalue weighted by Crippen LogP contribution is 2.35. The van der Waals surface area contributed by atoms with Crippen molar-refractivity contribution in [3.8, 4) is 27.8 Å². The van der Waals surface area contributed by atoms with Crippen molar-refractivity contribution in [2.75, 3.05) is 12.3 Å². The molecule has 2 aromatic heterocycles. The van der Waals surface area contributed by atoms with Crippen LogP contribution in [0.25, 0.3) is 21.7 Å². The van der Waals surface area contributed by atoms with Crippen LogP contribution in [0.15, 0.2) is 52.9 Å². The fourth-order valence-corrected chi connectivity index (χ4v) is 4.02. The molecule has 29 heavy (non-hydrogen) atoms. The van der Waals surface area contributed by atoms with Crippen LogP contribution in [0.1, 0.15) is 5.56 Å². The van der Waals surface area contributed by atoms with Gasteiger partial charge in [-0.05, 0) is 35.2 Å². The number of amides is 1. The zero-order chi connectivity index (χ0) is 20.8. The number of carboxylic acids is 1. The summed E-state index contributed by atoms with van der Waals surface area (Å²) in [5, 5.41) is 22.9. The van der Waals surface area contributed by atoms with E-state index in [4.69, 9.17) is 5.11 Å². The standard InChI is InChI=1S/C20H14FN3O3S2/c21-13-5-3-12(4-6-13)14-8-16(17-2-1-7-28-17)24-20(15(14)9-22)29-11-18(25)23-10-19(26)27/h1-8H,10-11H2,(H,23,25)(H,26,27). The summed E-state index contributed by atoms with van der Waals surface area (Å²) in [7, 11) is 0. The highest BCUT2D eigenvalue weighted by molar-refractivity contribution is 8.00. The number of hydrogen-bond acceptors (Lipinski definition) is 6. The van der Waals surface area contributed by atoms with E-state index < -0.39 is 18.4 Å². The molecule has 3 rings (SSSR count). The number of halogens is 1. The van der Waals surface area contributed by atoms with E-state index in [9.17, 15) is 19.2 Å². The summed E-state index contributed by atoms with van der Waals surface area (Å²) in [4.78, 5) is 27.9. The first kappa shape index (κ1) is 20.5. The van der Waals surface area contributed by atoms with Gasteiger partial charge in [-0.15, -0.1) is 11.3 Å². The largest absolute Gasteiger partial charge is 0.480 e. The third kappa shape index (κ3) is 5.19. The Kier molecular flexibility index (Phi) is 6.59. The molecule has 0 atom stereocenters. The van der Waals surface area contributed by atoms with Gasteiger partial charge in [-0.25, -0.2) is 9.37 Å². The Hall–Kier alpha value is -3.22. The van der Waals surface area contributed by atoms with Crippen LogP contribution in [0, 0.1) is 17.1 Å². The molecule has 9 heteroatoms. The van der Waals surface area contributed by atoms with E-state index in [1.54, 1.807) is 18.2 Å². The summed E-state index contributed by atoms with van der Waals surface area (Å²) in [5.41, 5.74) is 2.14. The second-order valence-electron chi connectivity index (χ2n) is 5.79.